The maximum Gasteiger partial charge on any atom is 0.197 e. The molecule has 6 heteroatoms. The van der Waals surface area contributed by atoms with Crippen molar-refractivity contribution in [3.63, 3.8) is 0 Å². The van der Waals surface area contributed by atoms with Crippen LogP contribution in [-0.2, 0) is 0 Å². The van der Waals surface area contributed by atoms with E-state index in [4.69, 9.17) is 14.4 Å². The lowest BCUT2D eigenvalue weighted by molar-refractivity contribution is 0.662. The molecule has 0 radical (unpaired) electrons. The van der Waals surface area contributed by atoms with Crippen molar-refractivity contribution in [1.82, 2.24) is 19.1 Å². The van der Waals surface area contributed by atoms with Crippen LogP contribution < -0.4 is 0 Å². The molecule has 0 fully saturated rings. The van der Waals surface area contributed by atoms with Gasteiger partial charge in [0.25, 0.3) is 0 Å². The normalized spacial score (nSPS) is 12.3. The number of nitrogens with zero attached hydrogens (tertiary/aromatic N) is 4. The summed E-state index contributed by atoms with van der Waals surface area (Å²) in [4.78, 5) is 10.4. The molecule has 56 heavy (non-hydrogen) atoms. The van der Waals surface area contributed by atoms with E-state index in [2.05, 4.69) is 143 Å². The van der Waals surface area contributed by atoms with Gasteiger partial charge in [0.15, 0.2) is 17.2 Å². The lowest BCUT2D eigenvalue weighted by Crippen LogP contribution is -2.01. The molecule has 0 spiro atoms. The molecule has 0 aliphatic heterocycles. The van der Waals surface area contributed by atoms with Crippen LogP contribution >= 0.6 is 11.3 Å². The minimum absolute atomic E-state index is 0.665. The highest BCUT2D eigenvalue weighted by atomic mass is 32.1. The summed E-state index contributed by atoms with van der Waals surface area (Å²) < 4.78 is 13.9. The zero-order valence-corrected chi connectivity index (χ0v) is 30.6. The van der Waals surface area contributed by atoms with Gasteiger partial charge in [-0.2, -0.15) is 0 Å². The molecule has 0 saturated heterocycles. The minimum atomic E-state index is 0.665. The number of furan rings is 1. The van der Waals surface area contributed by atoms with Crippen molar-refractivity contribution in [2.45, 2.75) is 0 Å². The zero-order chi connectivity index (χ0) is 36.5. The molecule has 0 aliphatic carbocycles. The molecule has 8 aromatic carbocycles. The fourth-order valence-electron chi connectivity index (χ4n) is 9.05. The number of fused-ring (bicyclic) bond motifs is 14. The van der Waals surface area contributed by atoms with Gasteiger partial charge >= 0.3 is 0 Å². The van der Waals surface area contributed by atoms with E-state index >= 15 is 0 Å². The number of aromatic nitrogens is 4. The monoisotopic (exact) mass is 732 g/mol. The third-order valence-corrected chi connectivity index (χ3v) is 12.6. The van der Waals surface area contributed by atoms with Crippen LogP contribution in [0.4, 0.5) is 0 Å². The Labute approximate surface area is 322 Å². The van der Waals surface area contributed by atoms with Crippen LogP contribution in [0.15, 0.2) is 174 Å². The van der Waals surface area contributed by atoms with Crippen molar-refractivity contribution < 1.29 is 4.42 Å². The van der Waals surface area contributed by atoms with E-state index < -0.39 is 0 Å². The first-order chi connectivity index (χ1) is 27.8. The third-order valence-electron chi connectivity index (χ3n) is 11.5. The Kier molecular flexibility index (Phi) is 5.98. The van der Waals surface area contributed by atoms with Gasteiger partial charge < -0.3 is 8.98 Å². The molecular weight excluding hydrogens is 705 g/mol. The molecule has 5 aromatic heterocycles. The van der Waals surface area contributed by atoms with Crippen molar-refractivity contribution in [3.8, 4) is 22.9 Å². The molecule has 0 aliphatic rings. The van der Waals surface area contributed by atoms with E-state index in [0.29, 0.717) is 11.4 Å². The Morgan fingerprint density at radius 3 is 2.05 bits per heavy atom. The number of thiophene rings is 1. The molecule has 0 saturated carbocycles. The van der Waals surface area contributed by atoms with Crippen LogP contribution in [0, 0.1) is 0 Å². The molecule has 0 atom stereocenters. The van der Waals surface area contributed by atoms with E-state index in [1.165, 1.54) is 63.5 Å². The maximum atomic E-state index is 6.64. The Hall–Kier alpha value is -7.28. The van der Waals surface area contributed by atoms with Gasteiger partial charge in [-0.1, -0.05) is 109 Å². The van der Waals surface area contributed by atoms with Gasteiger partial charge in [-0.05, 0) is 71.4 Å². The molecule has 0 unspecified atom stereocenters. The summed E-state index contributed by atoms with van der Waals surface area (Å²) in [5.41, 5.74) is 8.96. The average molecular weight is 733 g/mol. The number of para-hydroxylation sites is 3. The van der Waals surface area contributed by atoms with E-state index in [9.17, 15) is 0 Å². The first-order valence-electron chi connectivity index (χ1n) is 18.8. The van der Waals surface area contributed by atoms with E-state index in [1.807, 2.05) is 47.7 Å². The lowest BCUT2D eigenvalue weighted by atomic mass is 10.0. The highest BCUT2D eigenvalue weighted by molar-refractivity contribution is 7.26. The summed E-state index contributed by atoms with van der Waals surface area (Å²) in [5, 5.41) is 10.9. The molecule has 13 aromatic rings. The predicted molar refractivity (Wildman–Crippen MR) is 234 cm³/mol. The first-order valence-corrected chi connectivity index (χ1v) is 19.6. The number of hydrogen-bond acceptors (Lipinski definition) is 4. The zero-order valence-electron chi connectivity index (χ0n) is 29.8. The molecule has 260 valence electrons. The van der Waals surface area contributed by atoms with E-state index in [1.54, 1.807) is 0 Å². The minimum Gasteiger partial charge on any atom is -0.450 e. The van der Waals surface area contributed by atoms with Crippen molar-refractivity contribution in [1.29, 1.82) is 0 Å². The summed E-state index contributed by atoms with van der Waals surface area (Å²) in [6.07, 6.45) is 0. The maximum absolute atomic E-state index is 6.64. The highest BCUT2D eigenvalue weighted by Gasteiger charge is 2.24. The predicted octanol–water partition coefficient (Wildman–Crippen LogP) is 13.8. The number of hydrogen-bond donors (Lipinski definition) is 0. The Morgan fingerprint density at radius 2 is 1.18 bits per heavy atom. The van der Waals surface area contributed by atoms with Crippen LogP contribution in [0.5, 0.6) is 0 Å². The molecule has 0 N–H and O–H groups in total. The van der Waals surface area contributed by atoms with Gasteiger partial charge in [-0.15, -0.1) is 11.3 Å². The fraction of sp³-hybridized carbons (Fsp3) is 0. The summed E-state index contributed by atoms with van der Waals surface area (Å²) in [5.74, 6) is 1.40. The van der Waals surface area contributed by atoms with Gasteiger partial charge in [0.1, 0.15) is 11.1 Å². The van der Waals surface area contributed by atoms with E-state index in [0.717, 1.165) is 44.6 Å². The molecule has 5 nitrogen and oxygen atoms in total. The van der Waals surface area contributed by atoms with Crippen LogP contribution in [-0.4, -0.2) is 19.1 Å². The summed E-state index contributed by atoms with van der Waals surface area (Å²) in [6.45, 7) is 0. The number of rotatable bonds is 3. The highest BCUT2D eigenvalue weighted by Crippen LogP contribution is 2.47. The Bertz CT molecular complexity index is 3770. The van der Waals surface area contributed by atoms with Gasteiger partial charge in [-0.25, -0.2) is 9.97 Å². The Morgan fingerprint density at radius 1 is 0.446 bits per heavy atom. The SMILES string of the molecule is c1ccc(-c2nc(-n3c4ccccc4c4c5c(ccc43)sc3cc4c(cc35)c3ccccc3n4-c3ccc4ccccc4c3)c3oc4ccccc4c3n2)cc1. The molecular formula is C50H28N4OS. The standard InChI is InChI=1S/C50H28N4OS/c1-2-13-30(14-3-1)49-51-47-35-18-8-11-21-42(35)55-48(47)50(52-49)54-39-20-10-7-17-34(39)45-40(54)24-25-43-46(45)37-27-36-33-16-6-9-19-38(33)53(41(36)28-44(37)56-43)32-23-22-29-12-4-5-15-31(29)26-32/h1-28H. The summed E-state index contributed by atoms with van der Waals surface area (Å²) >= 11 is 1.86. The fourth-order valence-corrected chi connectivity index (χ4v) is 10.2. The van der Waals surface area contributed by atoms with Crippen molar-refractivity contribution in [2.75, 3.05) is 0 Å². The van der Waals surface area contributed by atoms with Crippen molar-refractivity contribution in [2.24, 2.45) is 0 Å². The van der Waals surface area contributed by atoms with Gasteiger partial charge in [0.05, 0.1) is 22.1 Å². The molecule has 5 heterocycles. The van der Waals surface area contributed by atoms with E-state index in [-0.39, 0.29) is 0 Å². The summed E-state index contributed by atoms with van der Waals surface area (Å²) in [7, 11) is 0. The first kappa shape index (κ1) is 30.1. The number of benzene rings is 8. The quantitative estimate of drug-likeness (QED) is 0.182. The van der Waals surface area contributed by atoms with Gasteiger partial charge in [-0.3, -0.25) is 4.57 Å². The van der Waals surface area contributed by atoms with Crippen molar-refractivity contribution >= 4 is 108 Å². The average Bonchev–Trinajstić information content (AvgIpc) is 4.00. The third kappa shape index (κ3) is 4.08. The second-order valence-electron chi connectivity index (χ2n) is 14.5. The smallest absolute Gasteiger partial charge is 0.197 e. The summed E-state index contributed by atoms with van der Waals surface area (Å²) in [6, 6.07) is 60.6. The second-order valence-corrected chi connectivity index (χ2v) is 15.6. The van der Waals surface area contributed by atoms with Gasteiger partial charge in [0, 0.05) is 58.4 Å². The molecule has 13 rings (SSSR count). The molecule has 0 bridgehead atoms. The van der Waals surface area contributed by atoms with Crippen LogP contribution in [0.1, 0.15) is 0 Å². The van der Waals surface area contributed by atoms with Gasteiger partial charge in [0.2, 0.25) is 0 Å². The Balaban J connectivity index is 1.14. The molecule has 0 amide bonds. The second kappa shape index (κ2) is 11.1. The van der Waals surface area contributed by atoms with Crippen molar-refractivity contribution in [3.05, 3.63) is 170 Å². The lowest BCUT2D eigenvalue weighted by Gasteiger charge is -2.10. The topological polar surface area (TPSA) is 48.8 Å². The van der Waals surface area contributed by atoms with Crippen LogP contribution in [0.2, 0.25) is 0 Å². The van der Waals surface area contributed by atoms with Crippen LogP contribution in [0.3, 0.4) is 0 Å². The largest absolute Gasteiger partial charge is 0.450 e. The van der Waals surface area contributed by atoms with Crippen LogP contribution in [0.25, 0.3) is 120 Å².